The van der Waals surface area contributed by atoms with E-state index in [0.717, 1.165) is 55.2 Å². The van der Waals surface area contributed by atoms with Crippen LogP contribution in [0.1, 0.15) is 49.8 Å². The number of nitrogens with zero attached hydrogens (tertiary/aromatic N) is 1. The van der Waals surface area contributed by atoms with Crippen LogP contribution >= 0.6 is 11.6 Å². The van der Waals surface area contributed by atoms with Crippen LogP contribution in [-0.2, 0) is 11.2 Å². The van der Waals surface area contributed by atoms with Gasteiger partial charge in [-0.05, 0) is 73.1 Å². The van der Waals surface area contributed by atoms with Gasteiger partial charge in [0, 0.05) is 29.5 Å². The van der Waals surface area contributed by atoms with E-state index in [-0.39, 0.29) is 11.8 Å². The van der Waals surface area contributed by atoms with Gasteiger partial charge < -0.3 is 10.2 Å². The molecule has 1 N–H and O–H groups in total. The summed E-state index contributed by atoms with van der Waals surface area (Å²) in [6.45, 7) is 12.1. The van der Waals surface area contributed by atoms with Gasteiger partial charge in [0.15, 0.2) is 0 Å². The quantitative estimate of drug-likeness (QED) is 0.483. The van der Waals surface area contributed by atoms with Crippen LogP contribution in [0.4, 0.5) is 5.69 Å². The third-order valence-electron chi connectivity index (χ3n) is 6.03. The summed E-state index contributed by atoms with van der Waals surface area (Å²) in [7, 11) is 0. The Bertz CT molecular complexity index is 979. The fraction of sp³-hybridized carbons (Fsp3) is 0.370. The highest BCUT2D eigenvalue weighted by Gasteiger charge is 2.35. The lowest BCUT2D eigenvalue weighted by atomic mass is 9.97. The number of nitrogens with one attached hydrogen (secondary N) is 1. The van der Waals surface area contributed by atoms with E-state index < -0.39 is 0 Å². The summed E-state index contributed by atoms with van der Waals surface area (Å²) in [6, 6.07) is 14.2. The van der Waals surface area contributed by atoms with Crippen molar-refractivity contribution in [1.82, 2.24) is 5.32 Å². The predicted molar refractivity (Wildman–Crippen MR) is 132 cm³/mol. The molecule has 1 aliphatic heterocycles. The van der Waals surface area contributed by atoms with E-state index in [1.165, 1.54) is 22.3 Å². The highest BCUT2D eigenvalue weighted by molar-refractivity contribution is 6.30. The van der Waals surface area contributed by atoms with Gasteiger partial charge in [-0.15, -0.1) is 0 Å². The molecule has 0 aliphatic carbocycles. The van der Waals surface area contributed by atoms with Crippen LogP contribution in [0.5, 0.6) is 0 Å². The van der Waals surface area contributed by atoms with Crippen molar-refractivity contribution in [1.29, 1.82) is 0 Å². The number of halogens is 1. The Hall–Kier alpha value is -2.52. The number of amides is 1. The second-order valence-electron chi connectivity index (χ2n) is 8.11. The minimum Gasteiger partial charge on any atom is -0.388 e. The van der Waals surface area contributed by atoms with Crippen LogP contribution in [0.2, 0.25) is 5.02 Å². The molecule has 1 atom stereocenters. The zero-order valence-electron chi connectivity index (χ0n) is 18.9. The van der Waals surface area contributed by atoms with Crippen molar-refractivity contribution >= 4 is 28.8 Å². The highest BCUT2D eigenvalue weighted by atomic mass is 35.5. The predicted octanol–water partition coefficient (Wildman–Crippen LogP) is 6.55. The van der Waals surface area contributed by atoms with Gasteiger partial charge in [0.05, 0.1) is 5.92 Å². The van der Waals surface area contributed by atoms with Crippen molar-refractivity contribution in [3.05, 3.63) is 82.5 Å². The third-order valence-corrected chi connectivity index (χ3v) is 6.27. The summed E-state index contributed by atoms with van der Waals surface area (Å²) >= 11 is 6.23. The smallest absolute Gasteiger partial charge is 0.236 e. The van der Waals surface area contributed by atoms with Gasteiger partial charge in [-0.2, -0.15) is 0 Å². The average Bonchev–Trinajstić information content (AvgIpc) is 3.16. The van der Waals surface area contributed by atoms with Gasteiger partial charge in [0.25, 0.3) is 0 Å². The number of para-hydroxylation sites is 1. The largest absolute Gasteiger partial charge is 0.388 e. The van der Waals surface area contributed by atoms with Gasteiger partial charge in [-0.1, -0.05) is 62.4 Å². The normalized spacial score (nSPS) is 16.6. The number of allylic oxidation sites excluding steroid dienone is 1. The molecule has 0 radical (unpaired) electrons. The number of rotatable bonds is 9. The maximum Gasteiger partial charge on any atom is 0.236 e. The monoisotopic (exact) mass is 436 g/mol. The molecule has 3 nitrogen and oxygen atoms in total. The zero-order chi connectivity index (χ0) is 22.4. The van der Waals surface area contributed by atoms with Gasteiger partial charge in [0.2, 0.25) is 5.91 Å². The molecule has 1 aliphatic rings. The van der Waals surface area contributed by atoms with Crippen LogP contribution in [0.3, 0.4) is 0 Å². The Kier molecular flexibility index (Phi) is 7.97. The number of hydrogen-bond acceptors (Lipinski definition) is 2. The Morgan fingerprint density at radius 2 is 2.03 bits per heavy atom. The number of benzene rings is 2. The summed E-state index contributed by atoms with van der Waals surface area (Å²) in [5.74, 6) is -0.0233. The summed E-state index contributed by atoms with van der Waals surface area (Å²) in [4.78, 5) is 15.0. The first-order chi connectivity index (χ1) is 15.0. The molecule has 0 bridgehead atoms. The van der Waals surface area contributed by atoms with Crippen LogP contribution in [0, 0.1) is 12.8 Å². The number of carbonyl (C=O) groups is 1. The molecule has 1 amide bonds. The minimum absolute atomic E-state index is 0.147. The Morgan fingerprint density at radius 1 is 1.26 bits per heavy atom. The molecule has 3 rings (SSSR count). The summed E-state index contributed by atoms with van der Waals surface area (Å²) in [5, 5.41) is 4.19. The summed E-state index contributed by atoms with van der Waals surface area (Å²) in [5.41, 5.74) is 6.76. The summed E-state index contributed by atoms with van der Waals surface area (Å²) < 4.78 is 0. The Labute approximate surface area is 191 Å². The van der Waals surface area contributed by atoms with Crippen molar-refractivity contribution < 1.29 is 4.79 Å². The lowest BCUT2D eigenvalue weighted by molar-refractivity contribution is -0.119. The molecular formula is C27H33ClN2O. The first kappa shape index (κ1) is 23.1. The topological polar surface area (TPSA) is 32.3 Å². The molecule has 2 aromatic rings. The molecule has 164 valence electrons. The molecule has 0 aromatic heterocycles. The molecule has 1 unspecified atom stereocenters. The number of anilines is 1. The zero-order valence-corrected chi connectivity index (χ0v) is 19.6. The Balaban J connectivity index is 1.62. The number of carbonyl (C=O) groups excluding carboxylic acids is 1. The standard InChI is InChI=1S/C27H33ClN2O/c1-5-9-22(25-18-23(28)13-12-19(25)3)14-16-29-20(4)24-15-17-30(27(24)31)26-11-8-7-10-21(26)6-2/h7-13,18,24,29H,4-6,14-17H2,1-3H3/b22-9-. The van der Waals surface area contributed by atoms with Crippen LogP contribution < -0.4 is 10.2 Å². The van der Waals surface area contributed by atoms with E-state index in [2.05, 4.69) is 50.9 Å². The maximum atomic E-state index is 13.1. The minimum atomic E-state index is -0.170. The first-order valence-corrected chi connectivity index (χ1v) is 11.6. The highest BCUT2D eigenvalue weighted by Crippen LogP contribution is 2.31. The van der Waals surface area contributed by atoms with Crippen molar-refractivity contribution in [2.24, 2.45) is 5.92 Å². The van der Waals surface area contributed by atoms with E-state index in [1.807, 2.05) is 35.2 Å². The number of aryl methyl sites for hydroxylation is 2. The molecule has 1 fully saturated rings. The van der Waals surface area contributed by atoms with Crippen molar-refractivity contribution in [2.45, 2.75) is 46.5 Å². The van der Waals surface area contributed by atoms with E-state index in [9.17, 15) is 4.79 Å². The van der Waals surface area contributed by atoms with Gasteiger partial charge >= 0.3 is 0 Å². The van der Waals surface area contributed by atoms with Gasteiger partial charge in [-0.25, -0.2) is 0 Å². The molecule has 4 heteroatoms. The lowest BCUT2D eigenvalue weighted by Crippen LogP contribution is -2.31. The first-order valence-electron chi connectivity index (χ1n) is 11.2. The van der Waals surface area contributed by atoms with E-state index in [4.69, 9.17) is 11.6 Å². The van der Waals surface area contributed by atoms with Crippen LogP contribution in [0.25, 0.3) is 5.57 Å². The SMILES string of the molecule is C=C(NCC/C(=C/CC)c1cc(Cl)ccc1C)C1CCN(c2ccccc2CC)C1=O. The Morgan fingerprint density at radius 3 is 2.77 bits per heavy atom. The van der Waals surface area contributed by atoms with E-state index in [1.54, 1.807) is 0 Å². The second-order valence-corrected chi connectivity index (χ2v) is 8.55. The number of hydrogen-bond donors (Lipinski definition) is 1. The summed E-state index contributed by atoms with van der Waals surface area (Å²) in [6.07, 6.45) is 5.80. The fourth-order valence-electron chi connectivity index (χ4n) is 4.33. The van der Waals surface area contributed by atoms with Crippen molar-refractivity contribution in [3.8, 4) is 0 Å². The molecule has 0 saturated carbocycles. The molecular weight excluding hydrogens is 404 g/mol. The average molecular weight is 437 g/mol. The van der Waals surface area contributed by atoms with E-state index >= 15 is 0 Å². The molecule has 2 aromatic carbocycles. The van der Waals surface area contributed by atoms with E-state index in [0.29, 0.717) is 0 Å². The van der Waals surface area contributed by atoms with Gasteiger partial charge in [0.1, 0.15) is 0 Å². The lowest BCUT2D eigenvalue weighted by Gasteiger charge is -2.21. The van der Waals surface area contributed by atoms with Gasteiger partial charge in [-0.3, -0.25) is 4.79 Å². The van der Waals surface area contributed by atoms with Crippen molar-refractivity contribution in [2.75, 3.05) is 18.0 Å². The molecule has 0 spiro atoms. The third kappa shape index (κ3) is 5.40. The molecule has 1 saturated heterocycles. The maximum absolute atomic E-state index is 13.1. The van der Waals surface area contributed by atoms with Crippen LogP contribution in [0.15, 0.2) is 60.8 Å². The van der Waals surface area contributed by atoms with Crippen molar-refractivity contribution in [3.63, 3.8) is 0 Å². The fourth-order valence-corrected chi connectivity index (χ4v) is 4.50. The van der Waals surface area contributed by atoms with Crippen LogP contribution in [-0.4, -0.2) is 19.0 Å². The molecule has 1 heterocycles. The molecule has 31 heavy (non-hydrogen) atoms. The second kappa shape index (κ2) is 10.7.